The van der Waals surface area contributed by atoms with Gasteiger partial charge in [0.1, 0.15) is 11.6 Å². The van der Waals surface area contributed by atoms with Gasteiger partial charge in [-0.15, -0.1) is 0 Å². The van der Waals surface area contributed by atoms with Crippen LogP contribution in [0.15, 0.2) is 24.3 Å². The van der Waals surface area contributed by atoms with Crippen molar-refractivity contribution in [2.24, 2.45) is 0 Å². The number of rotatable bonds is 5. The van der Waals surface area contributed by atoms with Crippen molar-refractivity contribution in [2.45, 2.75) is 38.8 Å². The highest BCUT2D eigenvalue weighted by atomic mass is 16.6. The number of hydrogen-bond acceptors (Lipinski definition) is 5. The SMILES string of the molecule is CC(C)(C)OC(=O)NC(Cc1ccc(N2CCOCC2)cc1)C(=O)O. The molecule has 0 radical (unpaired) electrons. The second-order valence-corrected chi connectivity index (χ2v) is 7.01. The zero-order valence-corrected chi connectivity index (χ0v) is 14.9. The normalized spacial score (nSPS) is 16.2. The molecule has 0 bridgehead atoms. The highest BCUT2D eigenvalue weighted by Gasteiger charge is 2.24. The molecule has 2 N–H and O–H groups in total. The van der Waals surface area contributed by atoms with E-state index in [4.69, 9.17) is 9.47 Å². The number of carbonyl (C=O) groups is 2. The van der Waals surface area contributed by atoms with Crippen molar-refractivity contribution in [3.63, 3.8) is 0 Å². The van der Waals surface area contributed by atoms with Gasteiger partial charge >= 0.3 is 12.1 Å². The summed E-state index contributed by atoms with van der Waals surface area (Å²) in [6, 6.07) is 6.67. The molecular weight excluding hydrogens is 324 g/mol. The summed E-state index contributed by atoms with van der Waals surface area (Å²) in [6.07, 6.45) is -0.539. The van der Waals surface area contributed by atoms with E-state index in [-0.39, 0.29) is 6.42 Å². The monoisotopic (exact) mass is 350 g/mol. The zero-order valence-electron chi connectivity index (χ0n) is 14.9. The minimum absolute atomic E-state index is 0.192. The maximum absolute atomic E-state index is 11.8. The average molecular weight is 350 g/mol. The van der Waals surface area contributed by atoms with E-state index in [1.807, 2.05) is 24.3 Å². The summed E-state index contributed by atoms with van der Waals surface area (Å²) >= 11 is 0. The van der Waals surface area contributed by atoms with Gasteiger partial charge in [-0.2, -0.15) is 0 Å². The summed E-state index contributed by atoms with van der Waals surface area (Å²) in [5.74, 6) is -1.09. The molecule has 138 valence electrons. The summed E-state index contributed by atoms with van der Waals surface area (Å²) in [5.41, 5.74) is 1.24. The predicted molar refractivity (Wildman–Crippen MR) is 94.0 cm³/mol. The van der Waals surface area contributed by atoms with E-state index in [0.29, 0.717) is 13.2 Å². The molecule has 1 heterocycles. The molecule has 1 aromatic carbocycles. The Kier molecular flexibility index (Phi) is 6.25. The van der Waals surface area contributed by atoms with Gasteiger partial charge in [0.25, 0.3) is 0 Å². The lowest BCUT2D eigenvalue weighted by Crippen LogP contribution is -2.44. The molecule has 0 aromatic heterocycles. The van der Waals surface area contributed by atoms with Gasteiger partial charge < -0.3 is 24.8 Å². The van der Waals surface area contributed by atoms with Crippen LogP contribution in [-0.4, -0.2) is 55.1 Å². The van der Waals surface area contributed by atoms with Crippen LogP contribution in [0.3, 0.4) is 0 Å². The number of amides is 1. The summed E-state index contributed by atoms with van der Waals surface area (Å²) in [5, 5.41) is 11.8. The van der Waals surface area contributed by atoms with Crippen LogP contribution < -0.4 is 10.2 Å². The maximum atomic E-state index is 11.8. The molecule has 0 spiro atoms. The first-order chi connectivity index (χ1) is 11.7. The van der Waals surface area contributed by atoms with Crippen molar-refractivity contribution >= 4 is 17.7 Å². The quantitative estimate of drug-likeness (QED) is 0.845. The van der Waals surface area contributed by atoms with Crippen LogP contribution in [0, 0.1) is 0 Å². The van der Waals surface area contributed by atoms with Crippen molar-refractivity contribution in [1.29, 1.82) is 0 Å². The third-order valence-electron chi connectivity index (χ3n) is 3.74. The van der Waals surface area contributed by atoms with Crippen LogP contribution in [0.1, 0.15) is 26.3 Å². The Balaban J connectivity index is 1.97. The lowest BCUT2D eigenvalue weighted by atomic mass is 10.1. The van der Waals surface area contributed by atoms with Gasteiger partial charge in [-0.05, 0) is 38.5 Å². The highest BCUT2D eigenvalue weighted by Crippen LogP contribution is 2.17. The van der Waals surface area contributed by atoms with Crippen molar-refractivity contribution < 1.29 is 24.2 Å². The Morgan fingerprint density at radius 1 is 1.24 bits per heavy atom. The molecule has 7 heteroatoms. The van der Waals surface area contributed by atoms with Crippen LogP contribution in [0.2, 0.25) is 0 Å². The minimum atomic E-state index is -1.09. The van der Waals surface area contributed by atoms with E-state index < -0.39 is 23.7 Å². The number of nitrogens with one attached hydrogen (secondary N) is 1. The fourth-order valence-corrected chi connectivity index (χ4v) is 2.55. The van der Waals surface area contributed by atoms with Gasteiger partial charge in [0.15, 0.2) is 0 Å². The average Bonchev–Trinajstić information content (AvgIpc) is 2.54. The minimum Gasteiger partial charge on any atom is -0.480 e. The number of hydrogen-bond donors (Lipinski definition) is 2. The zero-order chi connectivity index (χ0) is 18.4. The summed E-state index contributed by atoms with van der Waals surface area (Å²) in [6.45, 7) is 8.30. The molecule has 1 saturated heterocycles. The Labute approximate surface area is 147 Å². The molecule has 1 aliphatic heterocycles. The number of carbonyl (C=O) groups excluding carboxylic acids is 1. The molecule has 1 amide bonds. The molecule has 1 unspecified atom stereocenters. The van der Waals surface area contributed by atoms with Gasteiger partial charge in [-0.3, -0.25) is 0 Å². The molecule has 0 saturated carbocycles. The molecule has 1 fully saturated rings. The Morgan fingerprint density at radius 3 is 2.36 bits per heavy atom. The first-order valence-corrected chi connectivity index (χ1v) is 8.38. The molecule has 1 aliphatic rings. The number of aliphatic carboxylic acids is 1. The lowest BCUT2D eigenvalue weighted by Gasteiger charge is -2.29. The van der Waals surface area contributed by atoms with E-state index in [1.165, 1.54) is 0 Å². The van der Waals surface area contributed by atoms with Gasteiger partial charge in [0, 0.05) is 25.2 Å². The lowest BCUT2D eigenvalue weighted by molar-refractivity contribution is -0.139. The van der Waals surface area contributed by atoms with Crippen LogP contribution in [0.4, 0.5) is 10.5 Å². The molecule has 0 aliphatic carbocycles. The van der Waals surface area contributed by atoms with Crippen molar-refractivity contribution in [3.8, 4) is 0 Å². The van der Waals surface area contributed by atoms with E-state index in [9.17, 15) is 14.7 Å². The molecule has 2 rings (SSSR count). The standard InChI is InChI=1S/C18H26N2O5/c1-18(2,3)25-17(23)19-15(16(21)22)12-13-4-6-14(7-5-13)20-8-10-24-11-9-20/h4-7,15H,8-12H2,1-3H3,(H,19,23)(H,21,22). The summed E-state index contributed by atoms with van der Waals surface area (Å²) < 4.78 is 10.5. The Hall–Kier alpha value is -2.28. The molecule has 1 atom stereocenters. The van der Waals surface area contributed by atoms with Crippen LogP contribution >= 0.6 is 0 Å². The third-order valence-corrected chi connectivity index (χ3v) is 3.74. The third kappa shape index (κ3) is 6.26. The predicted octanol–water partition coefficient (Wildman–Crippen LogP) is 2.04. The van der Waals surface area contributed by atoms with Crippen molar-refractivity contribution in [2.75, 3.05) is 31.2 Å². The summed E-state index contributed by atoms with van der Waals surface area (Å²) in [4.78, 5) is 25.5. The number of carboxylic acid groups (broad SMARTS) is 1. The fourth-order valence-electron chi connectivity index (χ4n) is 2.55. The number of carboxylic acids is 1. The van der Waals surface area contributed by atoms with E-state index in [1.54, 1.807) is 20.8 Å². The largest absolute Gasteiger partial charge is 0.480 e. The number of ether oxygens (including phenoxy) is 2. The van der Waals surface area contributed by atoms with Crippen LogP contribution in [0.5, 0.6) is 0 Å². The maximum Gasteiger partial charge on any atom is 0.408 e. The van der Waals surface area contributed by atoms with Crippen molar-refractivity contribution in [3.05, 3.63) is 29.8 Å². The smallest absolute Gasteiger partial charge is 0.408 e. The second-order valence-electron chi connectivity index (χ2n) is 7.01. The number of morpholine rings is 1. The number of benzene rings is 1. The van der Waals surface area contributed by atoms with Crippen LogP contribution in [0.25, 0.3) is 0 Å². The highest BCUT2D eigenvalue weighted by molar-refractivity contribution is 5.80. The molecular formula is C18H26N2O5. The molecule has 1 aromatic rings. The fraction of sp³-hybridized carbons (Fsp3) is 0.556. The number of alkyl carbamates (subject to hydrolysis) is 1. The Bertz CT molecular complexity index is 588. The summed E-state index contributed by atoms with van der Waals surface area (Å²) in [7, 11) is 0. The molecule has 25 heavy (non-hydrogen) atoms. The van der Waals surface area contributed by atoms with Gasteiger partial charge in [-0.25, -0.2) is 9.59 Å². The van der Waals surface area contributed by atoms with E-state index in [0.717, 1.165) is 24.3 Å². The van der Waals surface area contributed by atoms with E-state index in [2.05, 4.69) is 10.2 Å². The van der Waals surface area contributed by atoms with E-state index >= 15 is 0 Å². The van der Waals surface area contributed by atoms with Crippen LogP contribution in [-0.2, 0) is 20.7 Å². The Morgan fingerprint density at radius 2 is 1.84 bits per heavy atom. The number of nitrogens with zero attached hydrogens (tertiary/aromatic N) is 1. The van der Waals surface area contributed by atoms with Gasteiger partial charge in [0.05, 0.1) is 13.2 Å². The number of anilines is 1. The van der Waals surface area contributed by atoms with Gasteiger partial charge in [0.2, 0.25) is 0 Å². The molecule has 7 nitrogen and oxygen atoms in total. The van der Waals surface area contributed by atoms with Gasteiger partial charge in [-0.1, -0.05) is 12.1 Å². The second kappa shape index (κ2) is 8.20. The first-order valence-electron chi connectivity index (χ1n) is 8.38. The topological polar surface area (TPSA) is 88.1 Å². The van der Waals surface area contributed by atoms with Crippen molar-refractivity contribution in [1.82, 2.24) is 5.32 Å². The first kappa shape index (κ1) is 19.1.